The molecule has 0 radical (unpaired) electrons. The van der Waals surface area contributed by atoms with Crippen molar-refractivity contribution >= 4 is 28.9 Å². The van der Waals surface area contributed by atoms with E-state index in [4.69, 9.17) is 21.1 Å². The maximum absolute atomic E-state index is 12.5. The predicted molar refractivity (Wildman–Crippen MR) is 129 cm³/mol. The summed E-state index contributed by atoms with van der Waals surface area (Å²) in [4.78, 5) is 12.5. The SMILES string of the molecule is Cc1nn(C)c(/C(OCOC(=O)C2CCCCC2)=C(\C#N)c2ccc(C(C)(C)C)cc2)c1Cl. The molecule has 1 aliphatic carbocycles. The van der Waals surface area contributed by atoms with E-state index in [9.17, 15) is 10.1 Å². The molecule has 1 heterocycles. The summed E-state index contributed by atoms with van der Waals surface area (Å²) >= 11 is 6.53. The van der Waals surface area contributed by atoms with E-state index in [-0.39, 0.29) is 29.9 Å². The molecule has 0 atom stereocenters. The predicted octanol–water partition coefficient (Wildman–Crippen LogP) is 6.17. The van der Waals surface area contributed by atoms with Gasteiger partial charge in [-0.05, 0) is 36.3 Å². The van der Waals surface area contributed by atoms with E-state index >= 15 is 0 Å². The van der Waals surface area contributed by atoms with Gasteiger partial charge in [0.25, 0.3) is 0 Å². The highest BCUT2D eigenvalue weighted by Gasteiger charge is 2.25. The van der Waals surface area contributed by atoms with E-state index in [0.29, 0.717) is 27.5 Å². The number of nitrogens with zero attached hydrogens (tertiary/aromatic N) is 3. The second-order valence-corrected chi connectivity index (χ2v) is 9.95. The van der Waals surface area contributed by atoms with Crippen molar-refractivity contribution in [1.82, 2.24) is 9.78 Å². The van der Waals surface area contributed by atoms with Crippen molar-refractivity contribution in [1.29, 1.82) is 5.26 Å². The van der Waals surface area contributed by atoms with Gasteiger partial charge in [-0.2, -0.15) is 10.4 Å². The molecule has 1 fully saturated rings. The first kappa shape index (κ1) is 24.9. The maximum Gasteiger partial charge on any atom is 0.311 e. The number of esters is 1. The summed E-state index contributed by atoms with van der Waals surface area (Å²) in [6, 6.07) is 10.1. The first-order valence-electron chi connectivity index (χ1n) is 11.4. The molecule has 0 N–H and O–H groups in total. The Bertz CT molecular complexity index is 1070. The molecule has 3 rings (SSSR count). The molecule has 33 heavy (non-hydrogen) atoms. The molecule has 0 bridgehead atoms. The zero-order valence-electron chi connectivity index (χ0n) is 20.1. The van der Waals surface area contributed by atoms with Crippen LogP contribution < -0.4 is 0 Å². The van der Waals surface area contributed by atoms with Gasteiger partial charge in [0.2, 0.25) is 6.79 Å². The normalized spacial score (nSPS) is 15.5. The third kappa shape index (κ3) is 5.78. The maximum atomic E-state index is 12.5. The quantitative estimate of drug-likeness (QED) is 0.219. The summed E-state index contributed by atoms with van der Waals surface area (Å²) in [5, 5.41) is 14.8. The number of carbonyl (C=O) groups excluding carboxylic acids is 1. The fourth-order valence-electron chi connectivity index (χ4n) is 4.12. The molecule has 1 aliphatic rings. The second kappa shape index (κ2) is 10.4. The number of ether oxygens (including phenoxy) is 2. The lowest BCUT2D eigenvalue weighted by Gasteiger charge is -2.21. The summed E-state index contributed by atoms with van der Waals surface area (Å²) in [7, 11) is 1.74. The van der Waals surface area contributed by atoms with Gasteiger partial charge >= 0.3 is 5.97 Å². The van der Waals surface area contributed by atoms with E-state index in [0.717, 1.165) is 37.7 Å². The van der Waals surface area contributed by atoms with Crippen LogP contribution >= 0.6 is 11.6 Å². The number of hydrogen-bond acceptors (Lipinski definition) is 5. The molecule has 0 saturated heterocycles. The zero-order chi connectivity index (χ0) is 24.2. The van der Waals surface area contributed by atoms with Crippen molar-refractivity contribution in [3.8, 4) is 6.07 Å². The Morgan fingerprint density at radius 1 is 1.18 bits per heavy atom. The Hall–Kier alpha value is -2.78. The fourth-order valence-corrected chi connectivity index (χ4v) is 4.37. The number of allylic oxidation sites excluding steroid dienone is 1. The lowest BCUT2D eigenvalue weighted by molar-refractivity contribution is -0.157. The van der Waals surface area contributed by atoms with Crippen LogP contribution in [0.5, 0.6) is 0 Å². The molecule has 6 nitrogen and oxygen atoms in total. The van der Waals surface area contributed by atoms with Crippen LogP contribution in [-0.4, -0.2) is 22.5 Å². The minimum absolute atomic E-state index is 0.00976. The lowest BCUT2D eigenvalue weighted by atomic mass is 9.86. The average molecular weight is 470 g/mol. The van der Waals surface area contributed by atoms with E-state index in [2.05, 4.69) is 31.9 Å². The van der Waals surface area contributed by atoms with Crippen molar-refractivity contribution < 1.29 is 14.3 Å². The first-order chi connectivity index (χ1) is 15.6. The summed E-state index contributed by atoms with van der Waals surface area (Å²) in [5.74, 6) is -0.0994. The third-order valence-electron chi connectivity index (χ3n) is 6.09. The van der Waals surface area contributed by atoms with Crippen molar-refractivity contribution in [2.45, 2.75) is 65.2 Å². The summed E-state index contributed by atoms with van der Waals surface area (Å²) in [6.45, 7) is 7.90. The topological polar surface area (TPSA) is 77.1 Å². The molecule has 2 aromatic rings. The van der Waals surface area contributed by atoms with E-state index < -0.39 is 0 Å². The third-order valence-corrected chi connectivity index (χ3v) is 6.54. The second-order valence-electron chi connectivity index (χ2n) is 9.58. The van der Waals surface area contributed by atoms with E-state index in [1.807, 2.05) is 24.3 Å². The Kier molecular flexibility index (Phi) is 7.86. The van der Waals surface area contributed by atoms with Crippen molar-refractivity contribution in [2.24, 2.45) is 13.0 Å². The van der Waals surface area contributed by atoms with E-state index in [1.165, 1.54) is 0 Å². The van der Waals surface area contributed by atoms with Gasteiger partial charge in [0.15, 0.2) is 5.76 Å². The number of aryl methyl sites for hydroxylation is 2. The number of halogens is 1. The number of hydrogen-bond donors (Lipinski definition) is 0. The Morgan fingerprint density at radius 2 is 1.82 bits per heavy atom. The minimum Gasteiger partial charge on any atom is -0.454 e. The van der Waals surface area contributed by atoms with Crippen LogP contribution in [0.15, 0.2) is 24.3 Å². The smallest absolute Gasteiger partial charge is 0.311 e. The van der Waals surface area contributed by atoms with Crippen LogP contribution in [0.25, 0.3) is 11.3 Å². The molecule has 0 spiro atoms. The van der Waals surface area contributed by atoms with Gasteiger partial charge in [0.05, 0.1) is 16.6 Å². The summed E-state index contributed by atoms with van der Waals surface area (Å²) in [5.41, 5.74) is 3.23. The molecule has 1 aromatic carbocycles. The molecular formula is C26H32ClN3O3. The molecule has 0 amide bonds. The van der Waals surface area contributed by atoms with Gasteiger partial charge in [-0.15, -0.1) is 0 Å². The monoisotopic (exact) mass is 469 g/mol. The minimum atomic E-state index is -0.295. The largest absolute Gasteiger partial charge is 0.454 e. The van der Waals surface area contributed by atoms with Gasteiger partial charge in [-0.1, -0.05) is 75.9 Å². The van der Waals surface area contributed by atoms with Gasteiger partial charge in [0, 0.05) is 7.05 Å². The molecule has 0 unspecified atom stereocenters. The van der Waals surface area contributed by atoms with Crippen LogP contribution in [0.2, 0.25) is 5.02 Å². The summed E-state index contributed by atoms with van der Waals surface area (Å²) < 4.78 is 13.0. The molecular weight excluding hydrogens is 438 g/mol. The van der Waals surface area contributed by atoms with Crippen molar-refractivity contribution in [2.75, 3.05) is 6.79 Å². The Balaban J connectivity index is 1.94. The van der Waals surface area contributed by atoms with Gasteiger partial charge in [-0.25, -0.2) is 0 Å². The van der Waals surface area contributed by atoms with Crippen molar-refractivity contribution in [3.63, 3.8) is 0 Å². The highest BCUT2D eigenvalue weighted by molar-refractivity contribution is 6.33. The van der Waals surface area contributed by atoms with Gasteiger partial charge in [-0.3, -0.25) is 9.48 Å². The first-order valence-corrected chi connectivity index (χ1v) is 11.8. The number of benzene rings is 1. The Labute approximate surface area is 201 Å². The van der Waals surface area contributed by atoms with Crippen LogP contribution in [-0.2, 0) is 26.7 Å². The highest BCUT2D eigenvalue weighted by Crippen LogP contribution is 2.34. The number of rotatable bonds is 6. The van der Waals surface area contributed by atoms with Crippen molar-refractivity contribution in [3.05, 3.63) is 51.8 Å². The molecule has 0 aliphatic heterocycles. The molecule has 1 saturated carbocycles. The van der Waals surface area contributed by atoms with Crippen LogP contribution in [0.3, 0.4) is 0 Å². The van der Waals surface area contributed by atoms with Gasteiger partial charge in [0.1, 0.15) is 17.3 Å². The standard InChI is InChI=1S/C26H32ClN3O3/c1-17-22(27)23(30(5)29-17)24(32-16-33-25(31)19-9-7-6-8-10-19)21(15-28)18-11-13-20(14-12-18)26(2,3)4/h11-14,19H,6-10,16H2,1-5H3/b24-21-. The molecule has 176 valence electrons. The van der Waals surface area contributed by atoms with E-state index in [1.54, 1.807) is 18.7 Å². The fraction of sp³-hybridized carbons (Fsp3) is 0.500. The van der Waals surface area contributed by atoms with Gasteiger partial charge < -0.3 is 9.47 Å². The van der Waals surface area contributed by atoms with Crippen LogP contribution in [0, 0.1) is 24.2 Å². The summed E-state index contributed by atoms with van der Waals surface area (Å²) in [6.07, 6.45) is 4.93. The lowest BCUT2D eigenvalue weighted by Crippen LogP contribution is -2.21. The zero-order valence-corrected chi connectivity index (χ0v) is 20.8. The number of carbonyl (C=O) groups is 1. The molecule has 7 heteroatoms. The Morgan fingerprint density at radius 3 is 2.33 bits per heavy atom. The highest BCUT2D eigenvalue weighted by atomic mass is 35.5. The molecule has 1 aromatic heterocycles. The number of nitriles is 1. The van der Waals surface area contributed by atoms with Crippen LogP contribution in [0.1, 0.15) is 75.4 Å². The average Bonchev–Trinajstić information content (AvgIpc) is 3.04. The number of aromatic nitrogens is 2. The van der Waals surface area contributed by atoms with Crippen LogP contribution in [0.4, 0.5) is 0 Å².